The van der Waals surface area contributed by atoms with Crippen molar-refractivity contribution >= 4 is 33.3 Å². The Labute approximate surface area is 117 Å². The lowest BCUT2D eigenvalue weighted by Gasteiger charge is -2.34. The Bertz CT molecular complexity index is 399. The highest BCUT2D eigenvalue weighted by atomic mass is 79.9. The van der Waals surface area contributed by atoms with Gasteiger partial charge in [0.05, 0.1) is 4.47 Å². The lowest BCUT2D eigenvalue weighted by molar-refractivity contribution is 0.302. The van der Waals surface area contributed by atoms with E-state index < -0.39 is 0 Å². The average molecular weight is 321 g/mol. The van der Waals surface area contributed by atoms with Gasteiger partial charge in [-0.1, -0.05) is 32.4 Å². The second-order valence-corrected chi connectivity index (χ2v) is 7.22. The summed E-state index contributed by atoms with van der Waals surface area (Å²) in [6, 6.07) is 0. The van der Waals surface area contributed by atoms with Crippen LogP contribution >= 0.6 is 27.5 Å². The summed E-state index contributed by atoms with van der Waals surface area (Å²) >= 11 is 9.33. The van der Waals surface area contributed by atoms with Crippen LogP contribution in [0.1, 0.15) is 41.0 Å². The van der Waals surface area contributed by atoms with Crippen LogP contribution in [0.3, 0.4) is 0 Å². The largest absolute Gasteiger partial charge is 0.364 e. The topological polar surface area (TPSA) is 37.8 Å². The first-order valence-electron chi connectivity index (χ1n) is 5.55. The highest BCUT2D eigenvalue weighted by Gasteiger charge is 2.26. The predicted molar refractivity (Wildman–Crippen MR) is 76.5 cm³/mol. The molecule has 0 saturated carbocycles. The van der Waals surface area contributed by atoms with Crippen LogP contribution in [0.4, 0.5) is 5.82 Å². The van der Waals surface area contributed by atoms with Crippen LogP contribution < -0.4 is 5.32 Å². The maximum absolute atomic E-state index is 5.94. The van der Waals surface area contributed by atoms with Crippen molar-refractivity contribution < 1.29 is 0 Å². The zero-order valence-corrected chi connectivity index (χ0v) is 13.3. The van der Waals surface area contributed by atoms with Crippen molar-refractivity contribution in [2.75, 3.05) is 5.32 Å². The third kappa shape index (κ3) is 4.80. The molecule has 0 atom stereocenters. The molecule has 0 saturated heterocycles. The summed E-state index contributed by atoms with van der Waals surface area (Å²) in [6.07, 6.45) is 2.48. The van der Waals surface area contributed by atoms with Crippen molar-refractivity contribution in [3.8, 4) is 0 Å². The Kier molecular flexibility index (Phi) is 4.42. The number of halogens is 2. The molecular weight excluding hydrogens is 302 g/mol. The van der Waals surface area contributed by atoms with Gasteiger partial charge in [-0.15, -0.1) is 0 Å². The second kappa shape index (κ2) is 5.11. The Hall–Kier alpha value is -0.350. The first-order chi connectivity index (χ1) is 7.61. The minimum Gasteiger partial charge on any atom is -0.364 e. The number of nitrogens with zero attached hydrogens (tertiary/aromatic N) is 2. The van der Waals surface area contributed by atoms with Crippen molar-refractivity contribution in [2.45, 2.75) is 46.6 Å². The molecule has 1 rings (SSSR count). The molecule has 0 aromatic carbocycles. The van der Waals surface area contributed by atoms with E-state index in [0.29, 0.717) is 9.63 Å². The maximum atomic E-state index is 5.94. The van der Waals surface area contributed by atoms with E-state index in [0.717, 1.165) is 12.2 Å². The van der Waals surface area contributed by atoms with Crippen LogP contribution in [-0.2, 0) is 0 Å². The van der Waals surface area contributed by atoms with E-state index in [4.69, 9.17) is 11.6 Å². The first-order valence-corrected chi connectivity index (χ1v) is 6.72. The minimum absolute atomic E-state index is 0.0571. The molecule has 0 fully saturated rings. The van der Waals surface area contributed by atoms with Crippen molar-refractivity contribution in [2.24, 2.45) is 5.41 Å². The van der Waals surface area contributed by atoms with Crippen molar-refractivity contribution in [3.63, 3.8) is 0 Å². The van der Waals surface area contributed by atoms with Gasteiger partial charge in [0.1, 0.15) is 17.3 Å². The van der Waals surface area contributed by atoms with E-state index in [1.54, 1.807) is 0 Å². The molecule has 0 aliphatic carbocycles. The van der Waals surface area contributed by atoms with E-state index in [-0.39, 0.29) is 11.0 Å². The molecule has 0 unspecified atom stereocenters. The molecule has 5 heteroatoms. The number of rotatable bonds is 3. The highest BCUT2D eigenvalue weighted by molar-refractivity contribution is 9.10. The smallest absolute Gasteiger partial charge is 0.148 e. The molecule has 0 bridgehead atoms. The van der Waals surface area contributed by atoms with Gasteiger partial charge in [-0.25, -0.2) is 9.97 Å². The van der Waals surface area contributed by atoms with Gasteiger partial charge in [-0.2, -0.15) is 0 Å². The molecule has 1 aromatic heterocycles. The zero-order chi connectivity index (χ0) is 13.3. The normalized spacial score (nSPS) is 12.6. The van der Waals surface area contributed by atoms with Gasteiger partial charge in [0.2, 0.25) is 0 Å². The molecule has 0 spiro atoms. The predicted octanol–water partition coefficient (Wildman–Crippen LogP) is 4.52. The zero-order valence-electron chi connectivity index (χ0n) is 10.9. The van der Waals surface area contributed by atoms with E-state index in [9.17, 15) is 0 Å². The molecule has 1 N–H and O–H groups in total. The minimum atomic E-state index is -0.0571. The molecule has 0 amide bonds. The third-order valence-electron chi connectivity index (χ3n) is 2.18. The SMILES string of the molecule is CC(C)(C)CC(C)(C)Nc1ncnc(Cl)c1Br. The Balaban J connectivity index is 2.87. The van der Waals surface area contributed by atoms with Gasteiger partial charge in [0.15, 0.2) is 0 Å². The lowest BCUT2D eigenvalue weighted by Crippen LogP contribution is -2.35. The Morgan fingerprint density at radius 2 is 1.82 bits per heavy atom. The number of hydrogen-bond donors (Lipinski definition) is 1. The van der Waals surface area contributed by atoms with Crippen molar-refractivity contribution in [3.05, 3.63) is 16.0 Å². The molecule has 3 nitrogen and oxygen atoms in total. The molecule has 17 heavy (non-hydrogen) atoms. The number of anilines is 1. The number of nitrogens with one attached hydrogen (secondary N) is 1. The Morgan fingerprint density at radius 1 is 1.24 bits per heavy atom. The first kappa shape index (κ1) is 14.7. The second-order valence-electron chi connectivity index (χ2n) is 6.07. The molecule has 0 radical (unpaired) electrons. The molecule has 0 aliphatic rings. The number of hydrogen-bond acceptors (Lipinski definition) is 3. The average Bonchev–Trinajstić information content (AvgIpc) is 2.08. The summed E-state index contributed by atoms with van der Waals surface area (Å²) in [6.45, 7) is 11.0. The summed E-state index contributed by atoms with van der Waals surface area (Å²) in [5.41, 5.74) is 0.193. The van der Waals surface area contributed by atoms with Crippen LogP contribution in [0.2, 0.25) is 5.15 Å². The van der Waals surface area contributed by atoms with Crippen LogP contribution in [0.15, 0.2) is 10.8 Å². The Morgan fingerprint density at radius 3 is 2.35 bits per heavy atom. The summed E-state index contributed by atoms with van der Waals surface area (Å²) in [7, 11) is 0. The fourth-order valence-corrected chi connectivity index (χ4v) is 2.56. The summed E-state index contributed by atoms with van der Waals surface area (Å²) < 4.78 is 0.712. The van der Waals surface area contributed by atoms with Gasteiger partial charge in [0, 0.05) is 5.54 Å². The highest BCUT2D eigenvalue weighted by Crippen LogP contribution is 2.32. The quantitative estimate of drug-likeness (QED) is 0.832. The monoisotopic (exact) mass is 319 g/mol. The van der Waals surface area contributed by atoms with Crippen LogP contribution in [0.5, 0.6) is 0 Å². The maximum Gasteiger partial charge on any atom is 0.148 e. The van der Waals surface area contributed by atoms with Crippen LogP contribution in [0.25, 0.3) is 0 Å². The third-order valence-corrected chi connectivity index (χ3v) is 3.44. The fraction of sp³-hybridized carbons (Fsp3) is 0.667. The van der Waals surface area contributed by atoms with Gasteiger partial charge < -0.3 is 5.32 Å². The standard InChI is InChI=1S/C12H19BrClN3/c1-11(2,3)6-12(4,5)17-10-8(13)9(14)15-7-16-10/h7H,6H2,1-5H3,(H,15,16,17). The summed E-state index contributed by atoms with van der Waals surface area (Å²) in [5.74, 6) is 0.735. The van der Waals surface area contributed by atoms with Gasteiger partial charge >= 0.3 is 0 Å². The van der Waals surface area contributed by atoms with Crippen LogP contribution in [0, 0.1) is 5.41 Å². The van der Waals surface area contributed by atoms with E-state index in [1.807, 2.05) is 0 Å². The van der Waals surface area contributed by atoms with E-state index in [1.165, 1.54) is 6.33 Å². The van der Waals surface area contributed by atoms with Gasteiger partial charge in [-0.05, 0) is 41.6 Å². The van der Waals surface area contributed by atoms with Gasteiger partial charge in [-0.3, -0.25) is 0 Å². The van der Waals surface area contributed by atoms with E-state index >= 15 is 0 Å². The molecular formula is C12H19BrClN3. The van der Waals surface area contributed by atoms with Crippen molar-refractivity contribution in [1.29, 1.82) is 0 Å². The fourth-order valence-electron chi connectivity index (χ4n) is 2.13. The van der Waals surface area contributed by atoms with Crippen LogP contribution in [-0.4, -0.2) is 15.5 Å². The summed E-state index contributed by atoms with van der Waals surface area (Å²) in [5, 5.41) is 3.83. The van der Waals surface area contributed by atoms with Crippen molar-refractivity contribution in [1.82, 2.24) is 9.97 Å². The molecule has 1 aromatic rings. The molecule has 0 aliphatic heterocycles. The molecule has 96 valence electrons. The van der Waals surface area contributed by atoms with Gasteiger partial charge in [0.25, 0.3) is 0 Å². The number of aromatic nitrogens is 2. The summed E-state index contributed by atoms with van der Waals surface area (Å²) in [4.78, 5) is 8.11. The lowest BCUT2D eigenvalue weighted by atomic mass is 9.82. The van der Waals surface area contributed by atoms with E-state index in [2.05, 4.69) is 65.8 Å². The molecule has 1 heterocycles.